The molecule has 0 aromatic heterocycles. The zero-order valence-electron chi connectivity index (χ0n) is 36.1. The summed E-state index contributed by atoms with van der Waals surface area (Å²) in [6, 6.07) is 0. The average molecular weight is 822 g/mol. The highest BCUT2D eigenvalue weighted by Gasteiger charge is 2.46. The van der Waals surface area contributed by atoms with Crippen molar-refractivity contribution in [2.75, 3.05) is 7.11 Å². The van der Waals surface area contributed by atoms with E-state index < -0.39 is 103 Å². The molecule has 18 atom stereocenters. The van der Waals surface area contributed by atoms with Gasteiger partial charge in [0, 0.05) is 42.4 Å². The Bertz CT molecular complexity index is 1480. The number of ether oxygens (including phenoxy) is 6. The summed E-state index contributed by atoms with van der Waals surface area (Å²) in [5, 5.41) is 56.6. The van der Waals surface area contributed by atoms with Crippen LogP contribution >= 0.6 is 0 Å². The molecular formula is C44H71NO13. The van der Waals surface area contributed by atoms with E-state index in [0.29, 0.717) is 18.4 Å². The van der Waals surface area contributed by atoms with Crippen molar-refractivity contribution in [2.45, 2.75) is 162 Å². The number of esters is 1. The zero-order valence-corrected chi connectivity index (χ0v) is 36.1. The van der Waals surface area contributed by atoms with Gasteiger partial charge in [0.25, 0.3) is 0 Å². The maximum atomic E-state index is 13.7. The van der Waals surface area contributed by atoms with Crippen molar-refractivity contribution in [1.82, 2.24) is 0 Å². The minimum Gasteiger partial charge on any atom is -0.490 e. The highest BCUT2D eigenvalue weighted by atomic mass is 16.7. The van der Waals surface area contributed by atoms with Gasteiger partial charge in [-0.2, -0.15) is 0 Å². The molecule has 330 valence electrons. The quantitative estimate of drug-likeness (QED) is 0.139. The molecule has 2 fully saturated rings. The maximum Gasteiger partial charge on any atom is 0.404 e. The van der Waals surface area contributed by atoms with E-state index in [1.165, 1.54) is 19.3 Å². The number of carbonyl (C=O) groups is 2. The number of amides is 1. The highest BCUT2D eigenvalue weighted by Crippen LogP contribution is 2.37. The molecule has 14 heteroatoms. The second kappa shape index (κ2) is 22.5. The highest BCUT2D eigenvalue weighted by molar-refractivity contribution is 5.87. The number of carbonyl (C=O) groups excluding carboxylic acids is 2. The van der Waals surface area contributed by atoms with E-state index in [9.17, 15) is 35.1 Å². The number of nitrogens with two attached hydrogens (primary N) is 1. The third kappa shape index (κ3) is 13.2. The smallest absolute Gasteiger partial charge is 0.404 e. The van der Waals surface area contributed by atoms with Crippen LogP contribution < -0.4 is 5.73 Å². The van der Waals surface area contributed by atoms with Gasteiger partial charge in [-0.3, -0.25) is 0 Å². The van der Waals surface area contributed by atoms with Crippen molar-refractivity contribution in [3.05, 3.63) is 59.4 Å². The molecule has 3 heterocycles. The summed E-state index contributed by atoms with van der Waals surface area (Å²) in [5.74, 6) is -3.47. The van der Waals surface area contributed by atoms with Crippen LogP contribution in [-0.4, -0.2) is 118 Å². The summed E-state index contributed by atoms with van der Waals surface area (Å²) < 4.78 is 35.5. The van der Waals surface area contributed by atoms with Crippen molar-refractivity contribution in [3.8, 4) is 0 Å². The fourth-order valence-corrected chi connectivity index (χ4v) is 8.44. The summed E-state index contributed by atoms with van der Waals surface area (Å²) >= 11 is 0. The van der Waals surface area contributed by atoms with E-state index in [1.807, 2.05) is 66.7 Å². The Morgan fingerprint density at radius 3 is 2.26 bits per heavy atom. The molecule has 0 unspecified atom stereocenters. The predicted octanol–water partition coefficient (Wildman–Crippen LogP) is 4.62. The normalized spacial score (nSPS) is 42.4. The molecule has 3 aliphatic rings. The number of hydrogen-bond donors (Lipinski definition) is 6. The van der Waals surface area contributed by atoms with Gasteiger partial charge >= 0.3 is 12.1 Å². The van der Waals surface area contributed by atoms with Gasteiger partial charge in [0.15, 0.2) is 12.4 Å². The third-order valence-corrected chi connectivity index (χ3v) is 12.1. The van der Waals surface area contributed by atoms with Crippen molar-refractivity contribution in [1.29, 1.82) is 0 Å². The van der Waals surface area contributed by atoms with Gasteiger partial charge in [0.1, 0.15) is 12.2 Å². The van der Waals surface area contributed by atoms with Gasteiger partial charge in [-0.25, -0.2) is 9.59 Å². The minimum absolute atomic E-state index is 0.0437. The van der Waals surface area contributed by atoms with Crippen LogP contribution in [-0.2, 0) is 33.2 Å². The summed E-state index contributed by atoms with van der Waals surface area (Å²) in [5.41, 5.74) is 6.73. The van der Waals surface area contributed by atoms with E-state index >= 15 is 0 Å². The number of allylic oxidation sites excluding steroid dienone is 6. The Hall–Kier alpha value is -3.08. The number of cyclic esters (lactones) is 1. The van der Waals surface area contributed by atoms with Crippen LogP contribution in [0.2, 0.25) is 0 Å². The zero-order chi connectivity index (χ0) is 43.6. The third-order valence-electron chi connectivity index (χ3n) is 12.1. The second-order valence-corrected chi connectivity index (χ2v) is 16.9. The summed E-state index contributed by atoms with van der Waals surface area (Å²) in [6.45, 7) is 18.3. The number of rotatable bonds is 9. The molecule has 0 aromatic rings. The lowest BCUT2D eigenvalue weighted by Crippen LogP contribution is -2.54. The van der Waals surface area contributed by atoms with E-state index in [-0.39, 0.29) is 29.9 Å². The van der Waals surface area contributed by atoms with Crippen LogP contribution in [0.5, 0.6) is 0 Å². The first-order valence-corrected chi connectivity index (χ1v) is 20.6. The molecule has 3 rings (SSSR count). The minimum atomic E-state index is -1.34. The molecule has 1 amide bonds. The molecule has 14 nitrogen and oxygen atoms in total. The van der Waals surface area contributed by atoms with Gasteiger partial charge in [-0.1, -0.05) is 89.1 Å². The first-order chi connectivity index (χ1) is 27.2. The lowest BCUT2D eigenvalue weighted by molar-refractivity contribution is -0.279. The summed E-state index contributed by atoms with van der Waals surface area (Å²) in [4.78, 5) is 25.1. The number of primary amides is 1. The Morgan fingerprint density at radius 2 is 1.66 bits per heavy atom. The summed E-state index contributed by atoms with van der Waals surface area (Å²) in [7, 11) is 1.33. The van der Waals surface area contributed by atoms with Gasteiger partial charge in [-0.05, 0) is 46.1 Å². The van der Waals surface area contributed by atoms with Gasteiger partial charge in [0.2, 0.25) is 5.76 Å². The van der Waals surface area contributed by atoms with Crippen molar-refractivity contribution < 1.29 is 63.5 Å². The Balaban J connectivity index is 1.92. The molecule has 0 aromatic carbocycles. The van der Waals surface area contributed by atoms with Gasteiger partial charge in [0.05, 0.1) is 55.9 Å². The molecule has 58 heavy (non-hydrogen) atoms. The first kappa shape index (κ1) is 49.3. The molecule has 3 aliphatic heterocycles. The fourth-order valence-electron chi connectivity index (χ4n) is 8.44. The number of hydrogen-bond acceptors (Lipinski definition) is 13. The SMILES string of the molecule is C/C=C/[C@H]1O[C@@H]([C@@H](C)[C@H](O)[C@H](C)[C@H]2OC(=O)/C(OC)=C/C(C)=C/[C@@H](C)[C@@H](O)[C@@H](C)[C@@H](O)[C@H](C)C/C(C)=C/C=C/[C@@H]2O)C[C@@H](O[C@@H]2C[C@H](O)[C@@H](OC(N)=O)[C@H](C)O2)[C@@H]1C. The van der Waals surface area contributed by atoms with Crippen molar-refractivity contribution in [3.63, 3.8) is 0 Å². The van der Waals surface area contributed by atoms with Crippen LogP contribution in [0.3, 0.4) is 0 Å². The average Bonchev–Trinajstić information content (AvgIpc) is 3.16. The number of aliphatic hydroxyl groups is 5. The molecule has 2 saturated heterocycles. The lowest BCUT2D eigenvalue weighted by Gasteiger charge is -2.45. The first-order valence-electron chi connectivity index (χ1n) is 20.6. The lowest BCUT2D eigenvalue weighted by atomic mass is 9.79. The van der Waals surface area contributed by atoms with E-state index in [4.69, 9.17) is 34.2 Å². The number of aliphatic hydroxyl groups excluding tert-OH is 5. The van der Waals surface area contributed by atoms with Gasteiger partial charge < -0.3 is 59.7 Å². The largest absolute Gasteiger partial charge is 0.490 e. The Morgan fingerprint density at radius 1 is 0.983 bits per heavy atom. The van der Waals surface area contributed by atoms with Crippen molar-refractivity contribution in [2.24, 2.45) is 41.2 Å². The molecule has 0 spiro atoms. The van der Waals surface area contributed by atoms with Crippen LogP contribution in [0.4, 0.5) is 4.79 Å². The van der Waals surface area contributed by atoms with E-state index in [2.05, 4.69) is 0 Å². The molecule has 0 bridgehead atoms. The Labute approximate surface area is 344 Å². The molecule has 0 aliphatic carbocycles. The fraction of sp³-hybridized carbons (Fsp3) is 0.727. The van der Waals surface area contributed by atoms with Crippen LogP contribution in [0, 0.1) is 35.5 Å². The van der Waals surface area contributed by atoms with E-state index in [0.717, 1.165) is 5.57 Å². The Kier molecular flexibility index (Phi) is 19.1. The molecule has 0 saturated carbocycles. The van der Waals surface area contributed by atoms with Crippen LogP contribution in [0.15, 0.2) is 59.4 Å². The maximum absolute atomic E-state index is 13.7. The van der Waals surface area contributed by atoms with Crippen molar-refractivity contribution >= 4 is 12.1 Å². The standard InChI is InChI=1S/C44H71NO13/c1-12-14-33-26(6)34(56-37-20-32(47)42(30(10)54-37)58-44(45)52)21-35(55-33)27(7)40(50)29(9)41-31(46)16-13-15-22(2)17-24(4)38(48)28(8)39(49)25(5)18-23(3)19-36(53-11)43(51)57-41/h12-16,18-19,24-35,37-42,46-50H,17,20-21H2,1-11H3,(H2,45,52)/b14-12+,16-13+,22-15+,23-18+,36-19-/t24-,25-,26-,27-,28+,29+,30+,31+,32+,33-,34-,35-,37-,38+,39-,40+,41-,42+/m1/s1. The molecule has 0 radical (unpaired) electrons. The molecular weight excluding hydrogens is 750 g/mol. The molecule has 7 N–H and O–H groups in total. The summed E-state index contributed by atoms with van der Waals surface area (Å²) in [6.07, 6.45) is 1.77. The van der Waals surface area contributed by atoms with Crippen LogP contribution in [0.1, 0.15) is 88.5 Å². The van der Waals surface area contributed by atoms with Crippen LogP contribution in [0.25, 0.3) is 0 Å². The second-order valence-electron chi connectivity index (χ2n) is 16.9. The van der Waals surface area contributed by atoms with E-state index in [1.54, 1.807) is 32.9 Å². The monoisotopic (exact) mass is 821 g/mol. The topological polar surface area (TPSA) is 217 Å². The number of methoxy groups -OCH3 is 1. The van der Waals surface area contributed by atoms with Gasteiger partial charge in [-0.15, -0.1) is 0 Å². The predicted molar refractivity (Wildman–Crippen MR) is 218 cm³/mol.